The molecule has 2 N–H and O–H groups in total. The Morgan fingerprint density at radius 2 is 2.15 bits per heavy atom. The number of aryl methyl sites for hydroxylation is 1. The third-order valence-electron chi connectivity index (χ3n) is 2.77. The molecule has 0 fully saturated rings. The lowest BCUT2D eigenvalue weighted by atomic mass is 10.2. The summed E-state index contributed by atoms with van der Waals surface area (Å²) in [6.07, 6.45) is 1.65. The second-order valence-corrected chi connectivity index (χ2v) is 4.77. The fourth-order valence-electron chi connectivity index (χ4n) is 1.82. The Morgan fingerprint density at radius 3 is 2.90 bits per heavy atom. The van der Waals surface area contributed by atoms with Crippen LogP contribution < -0.4 is 10.6 Å². The average molecular weight is 290 g/mol. The standard InChI is InChI=1S/C15H16ClN3O/c1-3-17-14-11(5-4-8-18-14)15(20)19-13-9-10(2)6-7-12(13)16/h4-9H,3H2,1-2H3,(H,17,18)(H,19,20). The molecule has 0 aliphatic heterocycles. The van der Waals surface area contributed by atoms with Crippen molar-refractivity contribution in [3.63, 3.8) is 0 Å². The topological polar surface area (TPSA) is 54.0 Å². The van der Waals surface area contributed by atoms with Crippen LogP contribution in [-0.2, 0) is 0 Å². The van der Waals surface area contributed by atoms with Crippen molar-refractivity contribution in [3.8, 4) is 0 Å². The van der Waals surface area contributed by atoms with Gasteiger partial charge in [0.15, 0.2) is 0 Å². The van der Waals surface area contributed by atoms with Crippen LogP contribution in [0.3, 0.4) is 0 Å². The van der Waals surface area contributed by atoms with E-state index in [-0.39, 0.29) is 5.91 Å². The van der Waals surface area contributed by atoms with Crippen LogP contribution in [0.4, 0.5) is 11.5 Å². The molecule has 0 unspecified atom stereocenters. The van der Waals surface area contributed by atoms with E-state index in [4.69, 9.17) is 11.6 Å². The quantitative estimate of drug-likeness (QED) is 0.902. The lowest BCUT2D eigenvalue weighted by molar-refractivity contribution is 0.102. The first-order valence-electron chi connectivity index (χ1n) is 6.38. The SMILES string of the molecule is CCNc1ncccc1C(=O)Nc1cc(C)ccc1Cl. The van der Waals surface area contributed by atoms with Crippen molar-refractivity contribution in [2.75, 3.05) is 17.2 Å². The number of aromatic nitrogens is 1. The van der Waals surface area contributed by atoms with Gasteiger partial charge in [0.05, 0.1) is 16.3 Å². The van der Waals surface area contributed by atoms with Gasteiger partial charge in [-0.3, -0.25) is 4.79 Å². The molecule has 1 aromatic carbocycles. The van der Waals surface area contributed by atoms with Gasteiger partial charge in [-0.25, -0.2) is 4.98 Å². The second kappa shape index (κ2) is 6.39. The van der Waals surface area contributed by atoms with Crippen LogP contribution in [-0.4, -0.2) is 17.4 Å². The molecule has 0 saturated heterocycles. The lowest BCUT2D eigenvalue weighted by Gasteiger charge is -2.11. The van der Waals surface area contributed by atoms with E-state index in [9.17, 15) is 4.79 Å². The van der Waals surface area contributed by atoms with Crippen molar-refractivity contribution in [2.45, 2.75) is 13.8 Å². The third kappa shape index (κ3) is 3.27. The molecule has 1 amide bonds. The number of carbonyl (C=O) groups is 1. The van der Waals surface area contributed by atoms with E-state index < -0.39 is 0 Å². The van der Waals surface area contributed by atoms with E-state index in [0.29, 0.717) is 28.6 Å². The summed E-state index contributed by atoms with van der Waals surface area (Å²) >= 11 is 6.08. The minimum absolute atomic E-state index is 0.235. The van der Waals surface area contributed by atoms with Gasteiger partial charge in [-0.1, -0.05) is 17.7 Å². The van der Waals surface area contributed by atoms with E-state index >= 15 is 0 Å². The molecule has 4 nitrogen and oxygen atoms in total. The van der Waals surface area contributed by atoms with Gasteiger partial charge in [0.25, 0.3) is 5.91 Å². The average Bonchev–Trinajstić information content (AvgIpc) is 2.44. The molecule has 20 heavy (non-hydrogen) atoms. The van der Waals surface area contributed by atoms with Crippen LogP contribution in [0.25, 0.3) is 0 Å². The predicted octanol–water partition coefficient (Wildman–Crippen LogP) is 3.73. The van der Waals surface area contributed by atoms with Gasteiger partial charge in [-0.05, 0) is 43.7 Å². The predicted molar refractivity (Wildman–Crippen MR) is 82.5 cm³/mol. The molecular weight excluding hydrogens is 274 g/mol. The number of benzene rings is 1. The van der Waals surface area contributed by atoms with Crippen LogP contribution in [0, 0.1) is 6.92 Å². The maximum Gasteiger partial charge on any atom is 0.259 e. The highest BCUT2D eigenvalue weighted by atomic mass is 35.5. The molecule has 2 aromatic rings. The Hall–Kier alpha value is -2.07. The smallest absolute Gasteiger partial charge is 0.259 e. The van der Waals surface area contributed by atoms with Crippen molar-refractivity contribution in [3.05, 3.63) is 52.7 Å². The number of carbonyl (C=O) groups excluding carboxylic acids is 1. The molecule has 104 valence electrons. The summed E-state index contributed by atoms with van der Waals surface area (Å²) < 4.78 is 0. The summed E-state index contributed by atoms with van der Waals surface area (Å²) in [5.74, 6) is 0.331. The molecule has 0 atom stereocenters. The second-order valence-electron chi connectivity index (χ2n) is 4.37. The van der Waals surface area contributed by atoms with E-state index in [0.717, 1.165) is 5.56 Å². The molecule has 5 heteroatoms. The zero-order valence-corrected chi connectivity index (χ0v) is 12.2. The highest BCUT2D eigenvalue weighted by molar-refractivity contribution is 6.34. The van der Waals surface area contributed by atoms with Gasteiger partial charge in [-0.15, -0.1) is 0 Å². The molecule has 1 heterocycles. The molecule has 0 radical (unpaired) electrons. The summed E-state index contributed by atoms with van der Waals surface area (Å²) in [6, 6.07) is 8.95. The number of anilines is 2. The highest BCUT2D eigenvalue weighted by Gasteiger charge is 2.13. The van der Waals surface area contributed by atoms with Gasteiger partial charge in [0, 0.05) is 12.7 Å². The number of pyridine rings is 1. The molecule has 0 saturated carbocycles. The van der Waals surface area contributed by atoms with Crippen LogP contribution in [0.1, 0.15) is 22.8 Å². The molecule has 0 aliphatic rings. The number of halogens is 1. The number of nitrogens with zero attached hydrogens (tertiary/aromatic N) is 1. The molecule has 1 aromatic heterocycles. The minimum Gasteiger partial charge on any atom is -0.370 e. The fraction of sp³-hybridized carbons (Fsp3) is 0.200. The van der Waals surface area contributed by atoms with E-state index in [1.807, 2.05) is 26.0 Å². The molecule has 0 bridgehead atoms. The van der Waals surface area contributed by atoms with Crippen molar-refractivity contribution < 1.29 is 4.79 Å². The molecule has 2 rings (SSSR count). The number of nitrogens with one attached hydrogen (secondary N) is 2. The maximum atomic E-state index is 12.3. The Bertz CT molecular complexity index is 628. The van der Waals surface area contributed by atoms with Gasteiger partial charge in [0.1, 0.15) is 5.82 Å². The van der Waals surface area contributed by atoms with Crippen molar-refractivity contribution >= 4 is 29.0 Å². The van der Waals surface area contributed by atoms with E-state index in [1.165, 1.54) is 0 Å². The van der Waals surface area contributed by atoms with E-state index in [2.05, 4.69) is 15.6 Å². The Balaban J connectivity index is 2.26. The van der Waals surface area contributed by atoms with Gasteiger partial charge >= 0.3 is 0 Å². The Morgan fingerprint density at radius 1 is 1.35 bits per heavy atom. The Labute approximate surface area is 123 Å². The fourth-order valence-corrected chi connectivity index (χ4v) is 1.99. The van der Waals surface area contributed by atoms with Crippen LogP contribution in [0.5, 0.6) is 0 Å². The van der Waals surface area contributed by atoms with Crippen LogP contribution in [0.15, 0.2) is 36.5 Å². The summed E-state index contributed by atoms with van der Waals surface area (Å²) in [5.41, 5.74) is 2.12. The van der Waals surface area contributed by atoms with Crippen LogP contribution in [0.2, 0.25) is 5.02 Å². The summed E-state index contributed by atoms with van der Waals surface area (Å²) in [4.78, 5) is 16.5. The van der Waals surface area contributed by atoms with Crippen molar-refractivity contribution in [1.82, 2.24) is 4.98 Å². The first-order chi connectivity index (χ1) is 9.61. The first kappa shape index (κ1) is 14.3. The van der Waals surface area contributed by atoms with E-state index in [1.54, 1.807) is 24.4 Å². The molecule has 0 aliphatic carbocycles. The first-order valence-corrected chi connectivity index (χ1v) is 6.76. The number of hydrogen-bond donors (Lipinski definition) is 2. The maximum absolute atomic E-state index is 12.3. The Kier molecular flexibility index (Phi) is 4.58. The monoisotopic (exact) mass is 289 g/mol. The zero-order valence-electron chi connectivity index (χ0n) is 11.4. The number of amides is 1. The number of rotatable bonds is 4. The number of hydrogen-bond acceptors (Lipinski definition) is 3. The van der Waals surface area contributed by atoms with Gasteiger partial charge in [0.2, 0.25) is 0 Å². The minimum atomic E-state index is -0.235. The summed E-state index contributed by atoms with van der Waals surface area (Å²) in [6.45, 7) is 4.59. The highest BCUT2D eigenvalue weighted by Crippen LogP contribution is 2.24. The third-order valence-corrected chi connectivity index (χ3v) is 3.10. The van der Waals surface area contributed by atoms with Crippen molar-refractivity contribution in [1.29, 1.82) is 0 Å². The largest absolute Gasteiger partial charge is 0.370 e. The summed E-state index contributed by atoms with van der Waals surface area (Å²) in [7, 11) is 0. The molecular formula is C15H16ClN3O. The molecule has 0 spiro atoms. The van der Waals surface area contributed by atoms with Crippen molar-refractivity contribution in [2.24, 2.45) is 0 Å². The van der Waals surface area contributed by atoms with Crippen LogP contribution >= 0.6 is 11.6 Å². The zero-order chi connectivity index (χ0) is 14.5. The summed E-state index contributed by atoms with van der Waals surface area (Å²) in [5, 5.41) is 6.39. The van der Waals surface area contributed by atoms with Gasteiger partial charge in [-0.2, -0.15) is 0 Å². The lowest BCUT2D eigenvalue weighted by Crippen LogP contribution is -2.16. The van der Waals surface area contributed by atoms with Gasteiger partial charge < -0.3 is 10.6 Å². The normalized spacial score (nSPS) is 10.2.